The minimum Gasteiger partial charge on any atom is -0.480 e. The number of nitrogens with zero attached hydrogens (tertiary/aromatic N) is 1. The van der Waals surface area contributed by atoms with Crippen LogP contribution in [0.2, 0.25) is 0 Å². The predicted molar refractivity (Wildman–Crippen MR) is 48.7 cm³/mol. The van der Waals surface area contributed by atoms with Crippen LogP contribution in [-0.2, 0) is 9.53 Å². The van der Waals surface area contributed by atoms with Crippen LogP contribution in [0.1, 0.15) is 20.3 Å². The zero-order valence-electron chi connectivity index (χ0n) is 8.25. The summed E-state index contributed by atoms with van der Waals surface area (Å²) < 4.78 is 5.18. The van der Waals surface area contributed by atoms with Gasteiger partial charge in [0.05, 0.1) is 13.2 Å². The van der Waals surface area contributed by atoms with Gasteiger partial charge in [-0.05, 0) is 13.3 Å². The molecule has 0 aromatic heterocycles. The van der Waals surface area contributed by atoms with Gasteiger partial charge in [-0.15, -0.1) is 0 Å². The summed E-state index contributed by atoms with van der Waals surface area (Å²) in [4.78, 5) is 13.1. The maximum atomic E-state index is 11.1. The largest absolute Gasteiger partial charge is 0.480 e. The van der Waals surface area contributed by atoms with Gasteiger partial charge in [-0.3, -0.25) is 9.69 Å². The van der Waals surface area contributed by atoms with Crippen molar-refractivity contribution in [2.24, 2.45) is 0 Å². The van der Waals surface area contributed by atoms with E-state index in [9.17, 15) is 4.79 Å². The molecule has 0 radical (unpaired) electrons. The zero-order valence-corrected chi connectivity index (χ0v) is 8.25. The standard InChI is InChI=1S/C9H17NO3/c1-3-9(2,8(11)12)10-4-6-13-7-5-10/h3-7H2,1-2H3,(H,11,12)/t9-/m1/s1. The van der Waals surface area contributed by atoms with Crippen molar-refractivity contribution in [1.82, 2.24) is 4.90 Å². The highest BCUT2D eigenvalue weighted by Crippen LogP contribution is 2.20. The van der Waals surface area contributed by atoms with Crippen LogP contribution in [0.4, 0.5) is 0 Å². The van der Waals surface area contributed by atoms with E-state index in [0.29, 0.717) is 19.6 Å². The molecule has 1 aliphatic heterocycles. The molecule has 1 rings (SSSR count). The topological polar surface area (TPSA) is 49.8 Å². The van der Waals surface area contributed by atoms with E-state index < -0.39 is 11.5 Å². The van der Waals surface area contributed by atoms with Crippen LogP contribution in [0.25, 0.3) is 0 Å². The summed E-state index contributed by atoms with van der Waals surface area (Å²) in [6.07, 6.45) is 0.627. The summed E-state index contributed by atoms with van der Waals surface area (Å²) in [5, 5.41) is 9.10. The van der Waals surface area contributed by atoms with Crippen LogP contribution < -0.4 is 0 Å². The highest BCUT2D eigenvalue weighted by molar-refractivity contribution is 5.78. The molecule has 0 saturated carbocycles. The van der Waals surface area contributed by atoms with E-state index in [1.807, 2.05) is 11.8 Å². The maximum absolute atomic E-state index is 11.1. The van der Waals surface area contributed by atoms with Crippen molar-refractivity contribution in [1.29, 1.82) is 0 Å². The highest BCUT2D eigenvalue weighted by atomic mass is 16.5. The van der Waals surface area contributed by atoms with Gasteiger partial charge in [0.2, 0.25) is 0 Å². The van der Waals surface area contributed by atoms with Crippen molar-refractivity contribution in [2.75, 3.05) is 26.3 Å². The lowest BCUT2D eigenvalue weighted by molar-refractivity contribution is -0.153. The van der Waals surface area contributed by atoms with Gasteiger partial charge in [-0.1, -0.05) is 6.92 Å². The second-order valence-electron chi connectivity index (χ2n) is 3.53. The van der Waals surface area contributed by atoms with Gasteiger partial charge < -0.3 is 9.84 Å². The molecule has 1 atom stereocenters. The first-order valence-corrected chi connectivity index (χ1v) is 4.67. The maximum Gasteiger partial charge on any atom is 0.323 e. The first kappa shape index (κ1) is 10.5. The van der Waals surface area contributed by atoms with Crippen LogP contribution in [0.5, 0.6) is 0 Å². The summed E-state index contributed by atoms with van der Waals surface area (Å²) in [5.74, 6) is -0.739. The van der Waals surface area contributed by atoms with Crippen molar-refractivity contribution in [3.8, 4) is 0 Å². The van der Waals surface area contributed by atoms with Gasteiger partial charge in [0.25, 0.3) is 0 Å². The van der Waals surface area contributed by atoms with Gasteiger partial charge in [-0.2, -0.15) is 0 Å². The fraction of sp³-hybridized carbons (Fsp3) is 0.889. The Hall–Kier alpha value is -0.610. The second kappa shape index (κ2) is 4.07. The van der Waals surface area contributed by atoms with E-state index in [-0.39, 0.29) is 0 Å². The van der Waals surface area contributed by atoms with Crippen molar-refractivity contribution < 1.29 is 14.6 Å². The third-order valence-corrected chi connectivity index (χ3v) is 2.86. The number of hydrogen-bond acceptors (Lipinski definition) is 3. The summed E-state index contributed by atoms with van der Waals surface area (Å²) in [7, 11) is 0. The third-order valence-electron chi connectivity index (χ3n) is 2.86. The van der Waals surface area contributed by atoms with Crippen molar-refractivity contribution in [2.45, 2.75) is 25.8 Å². The van der Waals surface area contributed by atoms with Crippen LogP contribution in [0.15, 0.2) is 0 Å². The summed E-state index contributed by atoms with van der Waals surface area (Å²) in [6, 6.07) is 0. The average Bonchev–Trinajstić information content (AvgIpc) is 2.17. The highest BCUT2D eigenvalue weighted by Gasteiger charge is 2.38. The monoisotopic (exact) mass is 187 g/mol. The Balaban J connectivity index is 2.68. The number of hydrogen-bond donors (Lipinski definition) is 1. The molecule has 0 aliphatic carbocycles. The Morgan fingerprint density at radius 3 is 2.46 bits per heavy atom. The molecule has 4 heteroatoms. The summed E-state index contributed by atoms with van der Waals surface area (Å²) in [5.41, 5.74) is -0.718. The van der Waals surface area contributed by atoms with Gasteiger partial charge in [0.15, 0.2) is 0 Å². The molecule has 0 spiro atoms. The Kier molecular flexibility index (Phi) is 3.27. The molecule has 1 heterocycles. The molecule has 0 amide bonds. The molecule has 4 nitrogen and oxygen atoms in total. The second-order valence-corrected chi connectivity index (χ2v) is 3.53. The Bertz CT molecular complexity index is 189. The van der Waals surface area contributed by atoms with Crippen molar-refractivity contribution >= 4 is 5.97 Å². The van der Waals surface area contributed by atoms with E-state index in [0.717, 1.165) is 13.1 Å². The molecule has 0 unspecified atom stereocenters. The zero-order chi connectivity index (χ0) is 9.90. The Morgan fingerprint density at radius 2 is 2.08 bits per heavy atom. The van der Waals surface area contributed by atoms with Crippen LogP contribution >= 0.6 is 0 Å². The van der Waals surface area contributed by atoms with E-state index in [1.165, 1.54) is 0 Å². The molecular weight excluding hydrogens is 170 g/mol. The van der Waals surface area contributed by atoms with E-state index in [4.69, 9.17) is 9.84 Å². The first-order valence-electron chi connectivity index (χ1n) is 4.67. The summed E-state index contributed by atoms with van der Waals surface area (Å²) >= 11 is 0. The van der Waals surface area contributed by atoms with Crippen LogP contribution in [0.3, 0.4) is 0 Å². The van der Waals surface area contributed by atoms with Gasteiger partial charge in [-0.25, -0.2) is 0 Å². The molecule has 0 aromatic carbocycles. The number of carbonyl (C=O) groups is 1. The quantitative estimate of drug-likeness (QED) is 0.702. The SMILES string of the molecule is CC[C@](C)(C(=O)O)N1CCOCC1. The number of ether oxygens (including phenoxy) is 1. The van der Waals surface area contributed by atoms with E-state index >= 15 is 0 Å². The van der Waals surface area contributed by atoms with Crippen LogP contribution in [0, 0.1) is 0 Å². The molecular formula is C9H17NO3. The molecule has 1 fully saturated rings. The predicted octanol–water partition coefficient (Wildman–Crippen LogP) is 0.572. The fourth-order valence-corrected chi connectivity index (χ4v) is 1.57. The molecule has 13 heavy (non-hydrogen) atoms. The first-order chi connectivity index (χ1) is 6.11. The number of morpholine rings is 1. The minimum absolute atomic E-state index is 0.627. The Labute approximate surface area is 78.5 Å². The molecule has 0 aromatic rings. The van der Waals surface area contributed by atoms with E-state index in [1.54, 1.807) is 6.92 Å². The van der Waals surface area contributed by atoms with Crippen molar-refractivity contribution in [3.05, 3.63) is 0 Å². The van der Waals surface area contributed by atoms with Gasteiger partial charge in [0.1, 0.15) is 5.54 Å². The fourth-order valence-electron chi connectivity index (χ4n) is 1.57. The van der Waals surface area contributed by atoms with Gasteiger partial charge >= 0.3 is 5.97 Å². The average molecular weight is 187 g/mol. The number of carboxylic acids is 1. The number of aliphatic carboxylic acids is 1. The summed E-state index contributed by atoms with van der Waals surface area (Å²) in [6.45, 7) is 6.41. The lowest BCUT2D eigenvalue weighted by Crippen LogP contribution is -2.55. The lowest BCUT2D eigenvalue weighted by Gasteiger charge is -2.39. The molecule has 1 aliphatic rings. The molecule has 76 valence electrons. The van der Waals surface area contributed by atoms with Gasteiger partial charge in [0, 0.05) is 13.1 Å². The number of rotatable bonds is 3. The number of carboxylic acid groups (broad SMARTS) is 1. The van der Waals surface area contributed by atoms with E-state index in [2.05, 4.69) is 0 Å². The van der Waals surface area contributed by atoms with Crippen LogP contribution in [-0.4, -0.2) is 47.8 Å². The molecule has 0 bridgehead atoms. The third kappa shape index (κ3) is 2.00. The molecule has 1 saturated heterocycles. The minimum atomic E-state index is -0.739. The lowest BCUT2D eigenvalue weighted by atomic mass is 9.96. The smallest absolute Gasteiger partial charge is 0.323 e. The Morgan fingerprint density at radius 1 is 1.54 bits per heavy atom. The van der Waals surface area contributed by atoms with Crippen molar-refractivity contribution in [3.63, 3.8) is 0 Å². The molecule has 1 N–H and O–H groups in total. The normalized spacial score (nSPS) is 23.8.